The summed E-state index contributed by atoms with van der Waals surface area (Å²) < 4.78 is 10.6. The minimum absolute atomic E-state index is 0.0935. The fraction of sp³-hybridized carbons (Fsp3) is 0.312. The number of Topliss-reactive ketones (excluding diaryl/α,β-unsaturated/α-hetero) is 1. The summed E-state index contributed by atoms with van der Waals surface area (Å²) in [5.74, 6) is 2.19. The number of rotatable bonds is 5. The standard InChI is InChI=1S/C16H16O3S/c1-18-10-5-6-11(14(8-10)19-2)12-9-13(12)16(17)15-4-3-7-20-15/h3-8,12-13H,9H2,1-2H3. The molecule has 1 saturated carbocycles. The lowest BCUT2D eigenvalue weighted by Gasteiger charge is -2.10. The van der Waals surface area contributed by atoms with Gasteiger partial charge in [0.05, 0.1) is 19.1 Å². The predicted octanol–water partition coefficient (Wildman–Crippen LogP) is 3.75. The highest BCUT2D eigenvalue weighted by molar-refractivity contribution is 7.12. The number of methoxy groups -OCH3 is 2. The topological polar surface area (TPSA) is 35.5 Å². The van der Waals surface area contributed by atoms with Crippen molar-refractivity contribution in [2.75, 3.05) is 14.2 Å². The molecule has 1 aromatic carbocycles. The van der Waals surface area contributed by atoms with E-state index in [1.165, 1.54) is 11.3 Å². The fourth-order valence-electron chi connectivity index (χ4n) is 2.55. The minimum atomic E-state index is 0.0935. The van der Waals surface area contributed by atoms with Crippen LogP contribution in [0.4, 0.5) is 0 Å². The van der Waals surface area contributed by atoms with Crippen LogP contribution in [-0.2, 0) is 0 Å². The summed E-state index contributed by atoms with van der Waals surface area (Å²) in [5, 5.41) is 1.94. The van der Waals surface area contributed by atoms with E-state index in [9.17, 15) is 4.79 Å². The Kier molecular flexibility index (Phi) is 3.49. The molecule has 1 aliphatic rings. The Balaban J connectivity index is 1.81. The Hall–Kier alpha value is -1.81. The van der Waals surface area contributed by atoms with Crippen LogP contribution in [0.25, 0.3) is 0 Å². The highest BCUT2D eigenvalue weighted by Crippen LogP contribution is 2.52. The SMILES string of the molecule is COc1ccc(C2CC2C(=O)c2cccs2)c(OC)c1. The number of ketones is 1. The Morgan fingerprint density at radius 1 is 1.25 bits per heavy atom. The zero-order valence-corrected chi connectivity index (χ0v) is 12.3. The number of benzene rings is 1. The third-order valence-corrected chi connectivity index (χ3v) is 4.62. The van der Waals surface area contributed by atoms with Crippen molar-refractivity contribution in [3.8, 4) is 11.5 Å². The van der Waals surface area contributed by atoms with Gasteiger partial charge in [0.2, 0.25) is 0 Å². The largest absolute Gasteiger partial charge is 0.497 e. The smallest absolute Gasteiger partial charge is 0.176 e. The molecule has 3 rings (SSSR count). The van der Waals surface area contributed by atoms with Gasteiger partial charge in [-0.25, -0.2) is 0 Å². The number of hydrogen-bond acceptors (Lipinski definition) is 4. The summed E-state index contributed by atoms with van der Waals surface area (Å²) in [7, 11) is 3.28. The quantitative estimate of drug-likeness (QED) is 0.786. The molecule has 1 aliphatic carbocycles. The average Bonchev–Trinajstić information content (AvgIpc) is 3.09. The van der Waals surface area contributed by atoms with Crippen LogP contribution in [-0.4, -0.2) is 20.0 Å². The molecule has 2 aromatic rings. The van der Waals surface area contributed by atoms with Gasteiger partial charge in [0.1, 0.15) is 11.5 Å². The predicted molar refractivity (Wildman–Crippen MR) is 79.0 cm³/mol. The second-order valence-corrected chi connectivity index (χ2v) is 5.85. The van der Waals surface area contributed by atoms with Crippen molar-refractivity contribution in [2.24, 2.45) is 5.92 Å². The second kappa shape index (κ2) is 5.29. The molecule has 3 nitrogen and oxygen atoms in total. The first-order chi connectivity index (χ1) is 9.74. The van der Waals surface area contributed by atoms with E-state index in [-0.39, 0.29) is 17.6 Å². The molecule has 0 bridgehead atoms. The van der Waals surface area contributed by atoms with E-state index in [4.69, 9.17) is 9.47 Å². The van der Waals surface area contributed by atoms with Gasteiger partial charge < -0.3 is 9.47 Å². The first-order valence-electron chi connectivity index (χ1n) is 6.54. The molecule has 0 aliphatic heterocycles. The highest BCUT2D eigenvalue weighted by Gasteiger charge is 2.45. The van der Waals surface area contributed by atoms with Crippen molar-refractivity contribution in [1.29, 1.82) is 0 Å². The molecule has 1 fully saturated rings. The Morgan fingerprint density at radius 2 is 2.10 bits per heavy atom. The highest BCUT2D eigenvalue weighted by atomic mass is 32.1. The molecule has 0 N–H and O–H groups in total. The molecule has 0 spiro atoms. The normalized spacial score (nSPS) is 20.5. The van der Waals surface area contributed by atoms with Gasteiger partial charge in [0.25, 0.3) is 0 Å². The van der Waals surface area contributed by atoms with Crippen LogP contribution in [0, 0.1) is 5.92 Å². The molecule has 2 unspecified atom stereocenters. The van der Waals surface area contributed by atoms with E-state index in [0.29, 0.717) is 0 Å². The van der Waals surface area contributed by atoms with Gasteiger partial charge in [-0.05, 0) is 35.4 Å². The van der Waals surface area contributed by atoms with Crippen molar-refractivity contribution < 1.29 is 14.3 Å². The van der Waals surface area contributed by atoms with Crippen LogP contribution in [0.1, 0.15) is 27.6 Å². The third kappa shape index (κ3) is 2.31. The van der Waals surface area contributed by atoms with E-state index >= 15 is 0 Å². The molecule has 104 valence electrons. The Morgan fingerprint density at radius 3 is 2.75 bits per heavy atom. The van der Waals surface area contributed by atoms with E-state index in [2.05, 4.69) is 0 Å². The van der Waals surface area contributed by atoms with Gasteiger partial charge in [-0.2, -0.15) is 0 Å². The average molecular weight is 288 g/mol. The van der Waals surface area contributed by atoms with Crippen molar-refractivity contribution in [1.82, 2.24) is 0 Å². The maximum atomic E-state index is 12.3. The molecule has 4 heteroatoms. The van der Waals surface area contributed by atoms with Crippen LogP contribution in [0.2, 0.25) is 0 Å². The third-order valence-electron chi connectivity index (χ3n) is 3.73. The molecule has 2 atom stereocenters. The van der Waals surface area contributed by atoms with Gasteiger partial charge in [0.15, 0.2) is 5.78 Å². The number of hydrogen-bond donors (Lipinski definition) is 0. The maximum Gasteiger partial charge on any atom is 0.176 e. The number of carbonyl (C=O) groups excluding carboxylic acids is 1. The molecule has 1 heterocycles. The summed E-state index contributed by atoms with van der Waals surface area (Å²) >= 11 is 1.51. The van der Waals surface area contributed by atoms with E-state index in [0.717, 1.165) is 28.4 Å². The molecule has 0 amide bonds. The summed E-state index contributed by atoms with van der Waals surface area (Å²) in [6.45, 7) is 0. The van der Waals surface area contributed by atoms with Crippen molar-refractivity contribution in [2.45, 2.75) is 12.3 Å². The minimum Gasteiger partial charge on any atom is -0.497 e. The Labute approximate surface area is 122 Å². The van der Waals surface area contributed by atoms with Crippen molar-refractivity contribution in [3.63, 3.8) is 0 Å². The summed E-state index contributed by atoms with van der Waals surface area (Å²) in [4.78, 5) is 13.2. The number of ether oxygens (including phenoxy) is 2. The first kappa shape index (κ1) is 13.2. The van der Waals surface area contributed by atoms with Gasteiger partial charge >= 0.3 is 0 Å². The number of thiophene rings is 1. The lowest BCUT2D eigenvalue weighted by molar-refractivity contribution is 0.0969. The summed E-state index contributed by atoms with van der Waals surface area (Å²) in [5.41, 5.74) is 1.10. The molecular formula is C16H16O3S. The zero-order chi connectivity index (χ0) is 14.1. The van der Waals surface area contributed by atoms with Crippen LogP contribution in [0.5, 0.6) is 11.5 Å². The number of carbonyl (C=O) groups is 1. The van der Waals surface area contributed by atoms with Gasteiger partial charge in [-0.3, -0.25) is 4.79 Å². The van der Waals surface area contributed by atoms with Gasteiger partial charge in [0, 0.05) is 12.0 Å². The maximum absolute atomic E-state index is 12.3. The lowest BCUT2D eigenvalue weighted by atomic mass is 10.1. The monoisotopic (exact) mass is 288 g/mol. The molecule has 0 saturated heterocycles. The van der Waals surface area contributed by atoms with E-state index in [1.54, 1.807) is 14.2 Å². The van der Waals surface area contributed by atoms with E-state index < -0.39 is 0 Å². The van der Waals surface area contributed by atoms with Crippen molar-refractivity contribution >= 4 is 17.1 Å². The first-order valence-corrected chi connectivity index (χ1v) is 7.42. The molecule has 0 radical (unpaired) electrons. The van der Waals surface area contributed by atoms with E-state index in [1.807, 2.05) is 35.7 Å². The van der Waals surface area contributed by atoms with Gasteiger partial charge in [-0.15, -0.1) is 11.3 Å². The molecule has 1 aromatic heterocycles. The zero-order valence-electron chi connectivity index (χ0n) is 11.5. The molecular weight excluding hydrogens is 272 g/mol. The molecule has 20 heavy (non-hydrogen) atoms. The Bertz CT molecular complexity index is 619. The summed E-state index contributed by atoms with van der Waals surface area (Å²) in [6.07, 6.45) is 0.902. The summed E-state index contributed by atoms with van der Waals surface area (Å²) in [6, 6.07) is 9.62. The van der Waals surface area contributed by atoms with Crippen LogP contribution < -0.4 is 9.47 Å². The van der Waals surface area contributed by atoms with Gasteiger partial charge in [-0.1, -0.05) is 12.1 Å². The van der Waals surface area contributed by atoms with Crippen LogP contribution >= 0.6 is 11.3 Å². The fourth-order valence-corrected chi connectivity index (χ4v) is 3.28. The van der Waals surface area contributed by atoms with Crippen LogP contribution in [0.15, 0.2) is 35.7 Å². The van der Waals surface area contributed by atoms with Crippen LogP contribution in [0.3, 0.4) is 0 Å². The van der Waals surface area contributed by atoms with Crippen molar-refractivity contribution in [3.05, 3.63) is 46.2 Å². The lowest BCUT2D eigenvalue weighted by Crippen LogP contribution is -2.01. The second-order valence-electron chi connectivity index (χ2n) is 4.90.